The molecule has 1 unspecified atom stereocenters. The lowest BCUT2D eigenvalue weighted by molar-refractivity contribution is 0.0903. The monoisotopic (exact) mass is 267 g/mol. The minimum atomic E-state index is 0.339. The van der Waals surface area contributed by atoms with Crippen LogP contribution in [0.4, 0.5) is 0 Å². The fraction of sp³-hybridized carbons (Fsp3) is 0.333. The van der Waals surface area contributed by atoms with Crippen molar-refractivity contribution >= 4 is 22.0 Å². The van der Waals surface area contributed by atoms with Crippen molar-refractivity contribution in [3.05, 3.63) is 40.4 Å². The van der Waals surface area contributed by atoms with Gasteiger partial charge in [-0.3, -0.25) is 0 Å². The second-order valence-electron chi connectivity index (χ2n) is 3.52. The van der Waals surface area contributed by atoms with Crippen LogP contribution in [0.1, 0.15) is 5.56 Å². The van der Waals surface area contributed by atoms with E-state index >= 15 is 0 Å². The molecule has 1 saturated heterocycles. The zero-order chi connectivity index (χ0) is 10.5. The molecule has 0 saturated carbocycles. The first kappa shape index (κ1) is 10.9. The molecule has 80 valence electrons. The molecule has 2 rings (SSSR count). The molecule has 1 aliphatic rings. The van der Waals surface area contributed by atoms with E-state index < -0.39 is 0 Å². The Morgan fingerprint density at radius 2 is 2.27 bits per heavy atom. The van der Waals surface area contributed by atoms with Gasteiger partial charge >= 0.3 is 0 Å². The van der Waals surface area contributed by atoms with Gasteiger partial charge in [0.1, 0.15) is 0 Å². The van der Waals surface area contributed by atoms with Crippen molar-refractivity contribution in [1.82, 2.24) is 5.32 Å². The first-order chi connectivity index (χ1) is 7.36. The van der Waals surface area contributed by atoms with Gasteiger partial charge in [0.25, 0.3) is 0 Å². The third-order valence-electron chi connectivity index (χ3n) is 2.36. The van der Waals surface area contributed by atoms with Gasteiger partial charge in [-0.25, -0.2) is 0 Å². The molecule has 2 nitrogen and oxygen atoms in total. The first-order valence-electron chi connectivity index (χ1n) is 5.10. The average molecular weight is 268 g/mol. The molecule has 1 N–H and O–H groups in total. The van der Waals surface area contributed by atoms with Crippen LogP contribution in [-0.2, 0) is 4.74 Å². The molecule has 0 amide bonds. The average Bonchev–Trinajstić information content (AvgIpc) is 2.29. The highest BCUT2D eigenvalue weighted by atomic mass is 79.9. The van der Waals surface area contributed by atoms with E-state index in [9.17, 15) is 0 Å². The number of benzene rings is 1. The molecule has 0 bridgehead atoms. The van der Waals surface area contributed by atoms with Crippen molar-refractivity contribution in [2.75, 3.05) is 19.8 Å². The van der Waals surface area contributed by atoms with E-state index in [-0.39, 0.29) is 0 Å². The van der Waals surface area contributed by atoms with E-state index in [0.29, 0.717) is 6.04 Å². The van der Waals surface area contributed by atoms with Gasteiger partial charge in [0.2, 0.25) is 0 Å². The van der Waals surface area contributed by atoms with Crippen LogP contribution in [0, 0.1) is 0 Å². The molecule has 0 aliphatic carbocycles. The summed E-state index contributed by atoms with van der Waals surface area (Å²) in [6.45, 7) is 2.52. The van der Waals surface area contributed by atoms with E-state index in [1.807, 2.05) is 18.2 Å². The summed E-state index contributed by atoms with van der Waals surface area (Å²) >= 11 is 3.52. The Hall–Kier alpha value is -0.640. The van der Waals surface area contributed by atoms with Gasteiger partial charge in [-0.2, -0.15) is 0 Å². The van der Waals surface area contributed by atoms with Crippen molar-refractivity contribution in [3.63, 3.8) is 0 Å². The minimum absolute atomic E-state index is 0.339. The van der Waals surface area contributed by atoms with Gasteiger partial charge in [0.05, 0.1) is 13.2 Å². The molecule has 1 aromatic carbocycles. The highest BCUT2D eigenvalue weighted by molar-refractivity contribution is 9.10. The molecule has 0 aromatic heterocycles. The Bertz CT molecular complexity index is 345. The Kier molecular flexibility index (Phi) is 3.94. The quantitative estimate of drug-likeness (QED) is 0.889. The van der Waals surface area contributed by atoms with Crippen LogP contribution in [0.3, 0.4) is 0 Å². The summed E-state index contributed by atoms with van der Waals surface area (Å²) in [5.74, 6) is 0. The Balaban J connectivity index is 2.01. The van der Waals surface area contributed by atoms with Crippen molar-refractivity contribution in [3.8, 4) is 0 Å². The lowest BCUT2D eigenvalue weighted by Crippen LogP contribution is -2.39. The predicted octanol–water partition coefficient (Wildman–Crippen LogP) is 2.45. The van der Waals surface area contributed by atoms with E-state index in [4.69, 9.17) is 4.74 Å². The van der Waals surface area contributed by atoms with Crippen LogP contribution in [0.2, 0.25) is 0 Å². The van der Waals surface area contributed by atoms with Gasteiger partial charge < -0.3 is 10.1 Å². The molecular formula is C12H14BrNO. The van der Waals surface area contributed by atoms with Crippen LogP contribution in [-0.4, -0.2) is 25.8 Å². The SMILES string of the molecule is Brc1ccccc1/C=C/C1COCCN1. The number of morpholine rings is 1. The Morgan fingerprint density at radius 3 is 3.00 bits per heavy atom. The molecule has 1 aromatic rings. The van der Waals surface area contributed by atoms with Gasteiger partial charge in [0, 0.05) is 17.1 Å². The van der Waals surface area contributed by atoms with Crippen molar-refractivity contribution in [1.29, 1.82) is 0 Å². The maximum absolute atomic E-state index is 5.38. The molecule has 3 heteroatoms. The van der Waals surface area contributed by atoms with Crippen LogP contribution in [0.15, 0.2) is 34.8 Å². The van der Waals surface area contributed by atoms with Gasteiger partial charge in [-0.05, 0) is 11.6 Å². The van der Waals surface area contributed by atoms with E-state index in [1.54, 1.807) is 0 Å². The molecule has 1 heterocycles. The normalized spacial score (nSPS) is 22.1. The molecule has 1 aliphatic heterocycles. The minimum Gasteiger partial charge on any atom is -0.378 e. The number of rotatable bonds is 2. The van der Waals surface area contributed by atoms with E-state index in [2.05, 4.69) is 39.5 Å². The standard InChI is InChI=1S/C12H14BrNO/c13-12-4-2-1-3-10(12)5-6-11-9-15-8-7-14-11/h1-6,11,14H,7-9H2/b6-5+. The van der Waals surface area contributed by atoms with Crippen LogP contribution < -0.4 is 5.32 Å². The van der Waals surface area contributed by atoms with E-state index in [1.165, 1.54) is 5.56 Å². The third kappa shape index (κ3) is 3.16. The summed E-state index contributed by atoms with van der Waals surface area (Å²) in [7, 11) is 0. The summed E-state index contributed by atoms with van der Waals surface area (Å²) in [5.41, 5.74) is 1.20. The van der Waals surface area contributed by atoms with Crippen molar-refractivity contribution < 1.29 is 4.74 Å². The van der Waals surface area contributed by atoms with Crippen LogP contribution in [0.25, 0.3) is 6.08 Å². The molecular weight excluding hydrogens is 254 g/mol. The second-order valence-corrected chi connectivity index (χ2v) is 4.37. The number of hydrogen-bond acceptors (Lipinski definition) is 2. The van der Waals surface area contributed by atoms with Crippen LogP contribution >= 0.6 is 15.9 Å². The van der Waals surface area contributed by atoms with Gasteiger partial charge in [0.15, 0.2) is 0 Å². The third-order valence-corrected chi connectivity index (χ3v) is 3.09. The smallest absolute Gasteiger partial charge is 0.0656 e. The lowest BCUT2D eigenvalue weighted by Gasteiger charge is -2.20. The first-order valence-corrected chi connectivity index (χ1v) is 5.89. The van der Waals surface area contributed by atoms with Crippen molar-refractivity contribution in [2.24, 2.45) is 0 Å². The number of ether oxygens (including phenoxy) is 1. The molecule has 1 atom stereocenters. The zero-order valence-electron chi connectivity index (χ0n) is 8.45. The van der Waals surface area contributed by atoms with Gasteiger partial charge in [-0.15, -0.1) is 0 Å². The number of nitrogens with one attached hydrogen (secondary N) is 1. The summed E-state index contributed by atoms with van der Waals surface area (Å²) in [5, 5.41) is 3.38. The summed E-state index contributed by atoms with van der Waals surface area (Å²) in [4.78, 5) is 0. The molecule has 0 spiro atoms. The zero-order valence-corrected chi connectivity index (χ0v) is 10.0. The Morgan fingerprint density at radius 1 is 1.40 bits per heavy atom. The highest BCUT2D eigenvalue weighted by Crippen LogP contribution is 2.17. The lowest BCUT2D eigenvalue weighted by atomic mass is 10.1. The molecule has 1 fully saturated rings. The Labute approximate surface area is 98.5 Å². The summed E-state index contributed by atoms with van der Waals surface area (Å²) in [6, 6.07) is 8.53. The topological polar surface area (TPSA) is 21.3 Å². The van der Waals surface area contributed by atoms with Gasteiger partial charge in [-0.1, -0.05) is 46.3 Å². The fourth-order valence-corrected chi connectivity index (χ4v) is 1.96. The maximum Gasteiger partial charge on any atom is 0.0656 e. The molecule has 0 radical (unpaired) electrons. The fourth-order valence-electron chi connectivity index (χ4n) is 1.54. The number of halogens is 1. The predicted molar refractivity (Wildman–Crippen MR) is 65.8 cm³/mol. The summed E-state index contributed by atoms with van der Waals surface area (Å²) < 4.78 is 6.50. The summed E-state index contributed by atoms with van der Waals surface area (Å²) in [6.07, 6.45) is 4.27. The molecule has 15 heavy (non-hydrogen) atoms. The second kappa shape index (κ2) is 5.45. The highest BCUT2D eigenvalue weighted by Gasteiger charge is 2.08. The largest absolute Gasteiger partial charge is 0.378 e. The number of hydrogen-bond donors (Lipinski definition) is 1. The maximum atomic E-state index is 5.38. The van der Waals surface area contributed by atoms with Crippen molar-refractivity contribution in [2.45, 2.75) is 6.04 Å². The van der Waals surface area contributed by atoms with Crippen LogP contribution in [0.5, 0.6) is 0 Å². The van der Waals surface area contributed by atoms with E-state index in [0.717, 1.165) is 24.2 Å².